The van der Waals surface area contributed by atoms with Crippen LogP contribution < -0.4 is 4.98 Å². The summed E-state index contributed by atoms with van der Waals surface area (Å²) in [6.45, 7) is 0. The predicted molar refractivity (Wildman–Crippen MR) is 59.4 cm³/mol. The first-order chi connectivity index (χ1) is 7.50. The van der Waals surface area contributed by atoms with Gasteiger partial charge in [-0.3, -0.25) is 0 Å². The number of aromatic amines is 1. The SMILES string of the molecule is O=S(=O)([O-])c1ccc(Cl)cc1.c1c[se]c[nH+]1. The van der Waals surface area contributed by atoms with Crippen molar-refractivity contribution in [3.05, 3.63) is 45.5 Å². The summed E-state index contributed by atoms with van der Waals surface area (Å²) >= 11 is 6.12. The van der Waals surface area contributed by atoms with Gasteiger partial charge < -0.3 is 4.55 Å². The van der Waals surface area contributed by atoms with Gasteiger partial charge in [0.1, 0.15) is 10.1 Å². The molecule has 4 nitrogen and oxygen atoms in total. The van der Waals surface area contributed by atoms with E-state index in [0.717, 1.165) is 0 Å². The van der Waals surface area contributed by atoms with Crippen molar-refractivity contribution in [2.24, 2.45) is 0 Å². The van der Waals surface area contributed by atoms with Crippen molar-refractivity contribution in [1.82, 2.24) is 0 Å². The monoisotopic (exact) mass is 325 g/mol. The Kier molecular flexibility index (Phi) is 5.18. The van der Waals surface area contributed by atoms with Crippen molar-refractivity contribution in [2.75, 3.05) is 0 Å². The van der Waals surface area contributed by atoms with Crippen molar-refractivity contribution < 1.29 is 18.0 Å². The second-order valence-electron chi connectivity index (χ2n) is 2.63. The summed E-state index contributed by atoms with van der Waals surface area (Å²) < 4.78 is 31.0. The maximum absolute atomic E-state index is 10.3. The molecule has 0 aliphatic heterocycles. The van der Waals surface area contributed by atoms with Gasteiger partial charge in [0.2, 0.25) is 0 Å². The van der Waals surface area contributed by atoms with Crippen LogP contribution in [0.1, 0.15) is 0 Å². The van der Waals surface area contributed by atoms with Crippen molar-refractivity contribution in [3.63, 3.8) is 0 Å². The fourth-order valence-electron chi connectivity index (χ4n) is 0.798. The zero-order valence-corrected chi connectivity index (χ0v) is 11.2. The van der Waals surface area contributed by atoms with Crippen LogP contribution in [-0.2, 0) is 10.1 Å². The molecule has 0 atom stereocenters. The van der Waals surface area contributed by atoms with Crippen molar-refractivity contribution >= 4 is 36.2 Å². The molecule has 0 aliphatic rings. The summed E-state index contributed by atoms with van der Waals surface area (Å²) in [5.41, 5.74) is 0. The van der Waals surface area contributed by atoms with E-state index in [-0.39, 0.29) is 4.90 Å². The molecular weight excluding hydrogens is 317 g/mol. The maximum atomic E-state index is 10.3. The summed E-state index contributed by atoms with van der Waals surface area (Å²) in [4.78, 5) is 4.81. The minimum atomic E-state index is -4.33. The van der Waals surface area contributed by atoms with Crippen LogP contribution in [-0.4, -0.2) is 27.5 Å². The molecule has 1 aromatic carbocycles. The molecular formula is C9H8ClNO3SSe. The fourth-order valence-corrected chi connectivity index (χ4v) is 2.22. The first kappa shape index (κ1) is 13.4. The van der Waals surface area contributed by atoms with Gasteiger partial charge in [0.05, 0.1) is 4.90 Å². The number of hydrogen-bond donors (Lipinski definition) is 0. The number of aromatic nitrogens is 1. The van der Waals surface area contributed by atoms with E-state index in [1.807, 2.05) is 6.20 Å². The summed E-state index contributed by atoms with van der Waals surface area (Å²) in [5, 5.41) is 2.46. The molecule has 2 aromatic rings. The second-order valence-corrected chi connectivity index (χ2v) is 6.08. The van der Waals surface area contributed by atoms with Gasteiger partial charge in [-0.25, -0.2) is 8.42 Å². The Morgan fingerprint density at radius 1 is 1.25 bits per heavy atom. The average Bonchev–Trinajstić information content (AvgIpc) is 2.74. The number of rotatable bonds is 1. The molecule has 1 N–H and O–H groups in total. The number of H-pyrrole nitrogens is 1. The van der Waals surface area contributed by atoms with E-state index in [1.54, 1.807) is 0 Å². The van der Waals surface area contributed by atoms with Crippen LogP contribution in [0.4, 0.5) is 0 Å². The third-order valence-electron chi connectivity index (χ3n) is 1.48. The van der Waals surface area contributed by atoms with Gasteiger partial charge in [-0.2, -0.15) is 0 Å². The van der Waals surface area contributed by atoms with Crippen LogP contribution in [0.25, 0.3) is 0 Å². The van der Waals surface area contributed by atoms with Crippen molar-refractivity contribution in [2.45, 2.75) is 4.90 Å². The number of hydrogen-bond acceptors (Lipinski definition) is 3. The van der Waals surface area contributed by atoms with E-state index in [1.165, 1.54) is 24.3 Å². The number of halogens is 1. The molecule has 1 heterocycles. The fraction of sp³-hybridized carbons (Fsp3) is 0. The van der Waals surface area contributed by atoms with Crippen LogP contribution in [0.15, 0.2) is 45.4 Å². The molecule has 7 heteroatoms. The third-order valence-corrected chi connectivity index (χ3v) is 3.77. The molecule has 0 spiro atoms. The molecule has 2 rings (SSSR count). The van der Waals surface area contributed by atoms with E-state index in [2.05, 4.69) is 15.0 Å². The molecule has 86 valence electrons. The summed E-state index contributed by atoms with van der Waals surface area (Å²) in [5.74, 6) is 0. The Morgan fingerprint density at radius 3 is 2.19 bits per heavy atom. The van der Waals surface area contributed by atoms with Crippen molar-refractivity contribution in [3.8, 4) is 0 Å². The van der Waals surface area contributed by atoms with Crippen LogP contribution in [0.5, 0.6) is 0 Å². The molecule has 0 unspecified atom stereocenters. The van der Waals surface area contributed by atoms with Gasteiger partial charge in [-0.05, 0) is 24.3 Å². The number of nitrogens with one attached hydrogen (secondary N) is 1. The molecule has 16 heavy (non-hydrogen) atoms. The molecule has 0 fully saturated rings. The Balaban J connectivity index is 0.000000212. The van der Waals surface area contributed by atoms with E-state index in [4.69, 9.17) is 11.6 Å². The Morgan fingerprint density at radius 2 is 1.88 bits per heavy atom. The molecule has 0 aliphatic carbocycles. The van der Waals surface area contributed by atoms with Crippen LogP contribution in [0, 0.1) is 0 Å². The normalized spacial score (nSPS) is 10.4. The van der Waals surface area contributed by atoms with E-state index >= 15 is 0 Å². The van der Waals surface area contributed by atoms with Gasteiger partial charge in [-0.1, -0.05) is 11.6 Å². The van der Waals surface area contributed by atoms with Crippen molar-refractivity contribution in [1.29, 1.82) is 0 Å². The van der Waals surface area contributed by atoms with Gasteiger partial charge in [-0.15, -0.1) is 0 Å². The van der Waals surface area contributed by atoms with Crippen LogP contribution in [0.2, 0.25) is 5.02 Å². The standard InChI is InChI=1S/C6H5ClO3S.C3H3NSe/c7-5-1-3-6(4-2-5)11(8,9)10;1-2-5-3-4-1/h1-4H,(H,8,9,10);1-3H. The van der Waals surface area contributed by atoms with E-state index < -0.39 is 10.1 Å². The zero-order chi connectivity index (χ0) is 12.0. The van der Waals surface area contributed by atoms with Gasteiger partial charge in [0.25, 0.3) is 0 Å². The molecule has 0 saturated carbocycles. The Labute approximate surface area is 104 Å². The molecule has 0 saturated heterocycles. The van der Waals surface area contributed by atoms with Gasteiger partial charge in [0, 0.05) is 5.02 Å². The zero-order valence-electron chi connectivity index (χ0n) is 7.96. The predicted octanol–water partition coefficient (Wildman–Crippen LogP) is 0.802. The third kappa shape index (κ3) is 4.92. The van der Waals surface area contributed by atoms with Crippen LogP contribution >= 0.6 is 11.6 Å². The Bertz CT molecular complexity index is 493. The van der Waals surface area contributed by atoms with Crippen LogP contribution in [0.3, 0.4) is 0 Å². The number of benzene rings is 1. The first-order valence-electron chi connectivity index (χ1n) is 4.10. The second kappa shape index (κ2) is 6.18. The van der Waals surface area contributed by atoms with Gasteiger partial charge in [0.15, 0.2) is 0 Å². The summed E-state index contributed by atoms with van der Waals surface area (Å²) in [7, 11) is -4.33. The Hall–Kier alpha value is -0.651. The molecule has 1 aromatic heterocycles. The topological polar surface area (TPSA) is 71.3 Å². The molecule has 0 radical (unpaired) electrons. The quantitative estimate of drug-likeness (QED) is 0.575. The van der Waals surface area contributed by atoms with E-state index in [0.29, 0.717) is 19.5 Å². The minimum absolute atomic E-state index is 0.262. The first-order valence-corrected chi connectivity index (χ1v) is 7.86. The summed E-state index contributed by atoms with van der Waals surface area (Å²) in [6.07, 6.45) is 1.96. The van der Waals surface area contributed by atoms with Gasteiger partial charge >= 0.3 is 35.7 Å². The summed E-state index contributed by atoms with van der Waals surface area (Å²) in [6, 6.07) is 5.05. The van der Waals surface area contributed by atoms with E-state index in [9.17, 15) is 13.0 Å². The molecule has 0 amide bonds. The average molecular weight is 325 g/mol. The molecule has 0 bridgehead atoms.